The van der Waals surface area contributed by atoms with Gasteiger partial charge in [-0.3, -0.25) is 0 Å². The first-order valence-corrected chi connectivity index (χ1v) is 13.6. The minimum Gasteiger partial charge on any atom is -0.492 e. The van der Waals surface area contributed by atoms with Gasteiger partial charge in [-0.25, -0.2) is 4.68 Å². The fourth-order valence-corrected chi connectivity index (χ4v) is 4.60. The van der Waals surface area contributed by atoms with Crippen LogP contribution in [0.1, 0.15) is 37.6 Å². The highest BCUT2D eigenvalue weighted by atomic mass is 123. The molecule has 0 spiro atoms. The van der Waals surface area contributed by atoms with Crippen molar-refractivity contribution in [2.45, 2.75) is 45.4 Å². The van der Waals surface area contributed by atoms with Crippen molar-refractivity contribution in [3.63, 3.8) is 0 Å². The van der Waals surface area contributed by atoms with Crippen molar-refractivity contribution in [3.8, 4) is 11.5 Å². The van der Waals surface area contributed by atoms with Crippen LogP contribution in [0.25, 0.3) is 0 Å². The van der Waals surface area contributed by atoms with Gasteiger partial charge in [0.15, 0.2) is 0 Å². The summed E-state index contributed by atoms with van der Waals surface area (Å²) in [7, 11) is 0. The number of benzene rings is 2. The standard InChI is InChI=1S/C25H30BrClIN3O4/c1-16(11-27)14-35-23-9-6-18(10-21(23)26)25(2,3)17-4-7-20(8-5-17)34-15-19(33)12-31-22(13-32)24(28)29-30-31/h4-10,16,19,32-33H,11-15H2,1-3H3/t16-,19+/m0/s1/i28-4. The van der Waals surface area contributed by atoms with Gasteiger partial charge in [0.25, 0.3) is 0 Å². The molecule has 3 rings (SSSR count). The van der Waals surface area contributed by atoms with E-state index in [1.54, 1.807) is 0 Å². The summed E-state index contributed by atoms with van der Waals surface area (Å²) in [4.78, 5) is 0. The molecule has 0 unspecified atom stereocenters. The Hall–Kier alpha value is -1.40. The average Bonchev–Trinajstić information content (AvgIpc) is 3.20. The zero-order valence-electron chi connectivity index (χ0n) is 19.9. The van der Waals surface area contributed by atoms with Crippen molar-refractivity contribution in [1.29, 1.82) is 0 Å². The maximum absolute atomic E-state index is 10.3. The Labute approximate surface area is 233 Å². The lowest BCUT2D eigenvalue weighted by Crippen LogP contribution is -2.25. The molecule has 7 nitrogen and oxygen atoms in total. The number of ether oxygens (including phenoxy) is 2. The molecular weight excluding hydrogens is 645 g/mol. The largest absolute Gasteiger partial charge is 0.492 e. The minimum absolute atomic E-state index is 0.0980. The number of alkyl halides is 1. The van der Waals surface area contributed by atoms with E-state index in [2.05, 4.69) is 59.1 Å². The Morgan fingerprint density at radius 2 is 1.80 bits per heavy atom. The molecule has 10 heteroatoms. The van der Waals surface area contributed by atoms with Gasteiger partial charge in [-0.05, 0) is 73.9 Å². The van der Waals surface area contributed by atoms with Gasteiger partial charge in [0.2, 0.25) is 0 Å². The van der Waals surface area contributed by atoms with Crippen LogP contribution in [0.4, 0.5) is 0 Å². The first kappa shape index (κ1) is 28.2. The predicted octanol–water partition coefficient (Wildman–Crippen LogP) is 5.16. The number of rotatable bonds is 12. The lowest BCUT2D eigenvalue weighted by Gasteiger charge is -2.27. The van der Waals surface area contributed by atoms with E-state index in [0.717, 1.165) is 21.3 Å². The Balaban J connectivity index is 1.61. The van der Waals surface area contributed by atoms with Crippen molar-refractivity contribution < 1.29 is 19.7 Å². The van der Waals surface area contributed by atoms with Crippen molar-refractivity contribution >= 4 is 50.1 Å². The van der Waals surface area contributed by atoms with Gasteiger partial charge in [-0.2, -0.15) is 0 Å². The average molecular weight is 675 g/mol. The molecule has 2 atom stereocenters. The third kappa shape index (κ3) is 7.31. The number of nitrogens with zero attached hydrogens (tertiary/aromatic N) is 3. The van der Waals surface area contributed by atoms with E-state index < -0.39 is 6.10 Å². The van der Waals surface area contributed by atoms with Crippen LogP contribution in [0.3, 0.4) is 0 Å². The highest BCUT2D eigenvalue weighted by Crippen LogP contribution is 2.36. The molecule has 1 heterocycles. The second-order valence-corrected chi connectivity index (χ2v) is 11.2. The molecule has 0 aliphatic carbocycles. The summed E-state index contributed by atoms with van der Waals surface area (Å²) in [6.07, 6.45) is -0.792. The molecule has 0 aliphatic rings. The third-order valence-electron chi connectivity index (χ3n) is 5.78. The van der Waals surface area contributed by atoms with Gasteiger partial charge in [-0.1, -0.05) is 44.2 Å². The van der Waals surface area contributed by atoms with E-state index in [-0.39, 0.29) is 31.1 Å². The summed E-state index contributed by atoms with van der Waals surface area (Å²) in [5.41, 5.74) is 2.61. The van der Waals surface area contributed by atoms with E-state index in [4.69, 9.17) is 21.1 Å². The zero-order chi connectivity index (χ0) is 25.6. The molecule has 0 bridgehead atoms. The normalized spacial score (nSPS) is 13.5. The number of aromatic nitrogens is 3. The molecule has 0 radical (unpaired) electrons. The zero-order valence-corrected chi connectivity index (χ0v) is 24.4. The lowest BCUT2D eigenvalue weighted by molar-refractivity contribution is 0.0866. The predicted molar refractivity (Wildman–Crippen MR) is 148 cm³/mol. The highest BCUT2D eigenvalue weighted by Gasteiger charge is 2.24. The Morgan fingerprint density at radius 3 is 2.43 bits per heavy atom. The topological polar surface area (TPSA) is 89.6 Å². The maximum atomic E-state index is 10.3. The molecule has 2 N–H and O–H groups in total. The van der Waals surface area contributed by atoms with Crippen LogP contribution < -0.4 is 9.47 Å². The molecule has 0 saturated carbocycles. The monoisotopic (exact) mass is 673 g/mol. The van der Waals surface area contributed by atoms with Crippen molar-refractivity contribution in [2.24, 2.45) is 5.92 Å². The fourth-order valence-electron chi connectivity index (χ4n) is 3.47. The Morgan fingerprint density at radius 1 is 1.11 bits per heavy atom. The number of hydrogen-bond donors (Lipinski definition) is 2. The quantitative estimate of drug-likeness (QED) is 0.204. The number of aliphatic hydroxyl groups excluding tert-OH is 2. The Bertz CT molecular complexity index is 1110. The van der Waals surface area contributed by atoms with Crippen LogP contribution >= 0.6 is 50.1 Å². The summed E-state index contributed by atoms with van der Waals surface area (Å²) in [6, 6.07) is 14.0. The number of aliphatic hydroxyl groups is 2. The van der Waals surface area contributed by atoms with Crippen LogP contribution in [-0.4, -0.2) is 50.4 Å². The first-order chi connectivity index (χ1) is 16.6. The van der Waals surface area contributed by atoms with Crippen LogP contribution in [-0.2, 0) is 18.6 Å². The van der Waals surface area contributed by atoms with Crippen LogP contribution in [0.2, 0.25) is 0 Å². The second-order valence-electron chi connectivity index (χ2n) is 9.00. The minimum atomic E-state index is -0.792. The second kappa shape index (κ2) is 12.7. The Kier molecular flexibility index (Phi) is 10.2. The summed E-state index contributed by atoms with van der Waals surface area (Å²) in [6.45, 7) is 7.07. The lowest BCUT2D eigenvalue weighted by atomic mass is 9.78. The first-order valence-electron chi connectivity index (χ1n) is 11.2. The van der Waals surface area contributed by atoms with Gasteiger partial charge in [-0.15, -0.1) is 16.7 Å². The fraction of sp³-hybridized carbons (Fsp3) is 0.440. The SMILES string of the molecule is C[C@@H](CCl)COc1ccc(C(C)(C)c2ccc(OC[C@H](O)Cn3nnc([123I])c3CO)cc2)cc1Br. The van der Waals surface area contributed by atoms with Crippen LogP contribution in [0.5, 0.6) is 11.5 Å². The van der Waals surface area contributed by atoms with Crippen molar-refractivity contribution in [3.05, 3.63) is 67.5 Å². The summed E-state index contributed by atoms with van der Waals surface area (Å²) < 4.78 is 14.7. The van der Waals surface area contributed by atoms with Crippen molar-refractivity contribution in [1.82, 2.24) is 15.0 Å². The molecule has 0 saturated heterocycles. The molecule has 190 valence electrons. The smallest absolute Gasteiger partial charge is 0.149 e. The molecule has 0 amide bonds. The molecule has 0 fully saturated rings. The van der Waals surface area contributed by atoms with E-state index >= 15 is 0 Å². The number of hydrogen-bond acceptors (Lipinski definition) is 6. The molecule has 0 aliphatic heterocycles. The van der Waals surface area contributed by atoms with Crippen LogP contribution in [0, 0.1) is 9.62 Å². The molecule has 35 heavy (non-hydrogen) atoms. The summed E-state index contributed by atoms with van der Waals surface area (Å²) >= 11 is 11.5. The van der Waals surface area contributed by atoms with Gasteiger partial charge in [0.1, 0.15) is 27.9 Å². The van der Waals surface area contributed by atoms with E-state index in [1.165, 1.54) is 4.68 Å². The molecular formula is C25H30BrClIN3O4. The van der Waals surface area contributed by atoms with E-state index in [9.17, 15) is 10.2 Å². The van der Waals surface area contributed by atoms with Crippen molar-refractivity contribution in [2.75, 3.05) is 19.1 Å². The van der Waals surface area contributed by atoms with Crippen LogP contribution in [0.15, 0.2) is 46.9 Å². The third-order valence-corrected chi connectivity index (χ3v) is 7.77. The van der Waals surface area contributed by atoms with E-state index in [1.807, 2.05) is 52.9 Å². The molecule has 2 aromatic carbocycles. The summed E-state index contributed by atoms with van der Waals surface area (Å²) in [5, 5.41) is 27.6. The maximum Gasteiger partial charge on any atom is 0.149 e. The molecule has 1 aromatic heterocycles. The molecule has 3 aromatic rings. The van der Waals surface area contributed by atoms with Gasteiger partial charge < -0.3 is 19.7 Å². The summed E-state index contributed by atoms with van der Waals surface area (Å²) in [5.74, 6) is 2.31. The highest BCUT2D eigenvalue weighted by molar-refractivity contribution is 14.1. The van der Waals surface area contributed by atoms with Gasteiger partial charge in [0, 0.05) is 17.2 Å². The van der Waals surface area contributed by atoms with Gasteiger partial charge in [0.05, 0.1) is 29.9 Å². The van der Waals surface area contributed by atoms with E-state index in [0.29, 0.717) is 27.6 Å². The van der Waals surface area contributed by atoms with Gasteiger partial charge >= 0.3 is 0 Å². The number of halogens is 3.